The van der Waals surface area contributed by atoms with Crippen LogP contribution in [-0.2, 0) is 11.2 Å². The summed E-state index contributed by atoms with van der Waals surface area (Å²) in [6.07, 6.45) is 5.73. The molecule has 0 radical (unpaired) electrons. The molecule has 0 spiro atoms. The standard InChI is InChI=1S/C24H24N4O3/c1-16-3-4-17(15-27-16)11-23-26-8-5-21(28-23)18-12-19(14-25)24(22(13-18)29-2)31-20-6-9-30-10-7-20/h3-5,8,12-13,15,20H,6-7,9-11H2,1-2H3. The molecule has 7 heteroatoms. The Morgan fingerprint density at radius 3 is 2.71 bits per heavy atom. The number of rotatable bonds is 6. The first-order valence-corrected chi connectivity index (χ1v) is 10.3. The van der Waals surface area contributed by atoms with Crippen molar-refractivity contribution in [1.29, 1.82) is 5.26 Å². The summed E-state index contributed by atoms with van der Waals surface area (Å²) in [6, 6.07) is 11.7. The summed E-state index contributed by atoms with van der Waals surface area (Å²) in [5, 5.41) is 9.76. The van der Waals surface area contributed by atoms with Gasteiger partial charge in [-0.15, -0.1) is 0 Å². The molecule has 1 aliphatic heterocycles. The summed E-state index contributed by atoms with van der Waals surface area (Å²) in [7, 11) is 1.58. The predicted molar refractivity (Wildman–Crippen MR) is 115 cm³/mol. The van der Waals surface area contributed by atoms with Crippen molar-refractivity contribution in [2.24, 2.45) is 0 Å². The SMILES string of the molecule is COc1cc(-c2ccnc(Cc3ccc(C)nc3)n2)cc(C#N)c1OC1CCOCC1. The van der Waals surface area contributed by atoms with E-state index in [0.717, 1.165) is 35.4 Å². The number of nitrogens with zero attached hydrogens (tertiary/aromatic N) is 4. The quantitative estimate of drug-likeness (QED) is 0.602. The lowest BCUT2D eigenvalue weighted by molar-refractivity contribution is 0.0244. The fourth-order valence-corrected chi connectivity index (χ4v) is 3.50. The molecular formula is C24H24N4O3. The van der Waals surface area contributed by atoms with Crippen molar-refractivity contribution in [2.75, 3.05) is 20.3 Å². The van der Waals surface area contributed by atoms with Crippen molar-refractivity contribution in [2.45, 2.75) is 32.3 Å². The summed E-state index contributed by atoms with van der Waals surface area (Å²) in [6.45, 7) is 3.27. The highest BCUT2D eigenvalue weighted by Crippen LogP contribution is 2.37. The van der Waals surface area contributed by atoms with Crippen LogP contribution in [0.5, 0.6) is 11.5 Å². The van der Waals surface area contributed by atoms with E-state index in [1.165, 1.54) is 0 Å². The fourth-order valence-electron chi connectivity index (χ4n) is 3.50. The number of pyridine rings is 1. The van der Waals surface area contributed by atoms with Crippen LogP contribution in [-0.4, -0.2) is 41.4 Å². The molecule has 3 aromatic rings. The molecule has 158 valence electrons. The lowest BCUT2D eigenvalue weighted by atomic mass is 10.1. The minimum absolute atomic E-state index is 0.00868. The van der Waals surface area contributed by atoms with Gasteiger partial charge < -0.3 is 14.2 Å². The molecular weight excluding hydrogens is 392 g/mol. The molecule has 1 aliphatic rings. The van der Waals surface area contributed by atoms with Crippen molar-refractivity contribution in [3.63, 3.8) is 0 Å². The van der Waals surface area contributed by atoms with Gasteiger partial charge in [-0.25, -0.2) is 9.97 Å². The molecule has 0 N–H and O–H groups in total. The van der Waals surface area contributed by atoms with E-state index in [2.05, 4.69) is 16.0 Å². The maximum Gasteiger partial charge on any atom is 0.179 e. The molecule has 3 heterocycles. The molecule has 2 aromatic heterocycles. The molecule has 0 aliphatic carbocycles. The maximum absolute atomic E-state index is 9.76. The number of hydrogen-bond donors (Lipinski definition) is 0. The van der Waals surface area contributed by atoms with Crippen molar-refractivity contribution in [3.8, 4) is 28.8 Å². The average Bonchev–Trinajstić information content (AvgIpc) is 2.81. The van der Waals surface area contributed by atoms with E-state index in [9.17, 15) is 5.26 Å². The van der Waals surface area contributed by atoms with Crippen LogP contribution in [0.2, 0.25) is 0 Å². The van der Waals surface area contributed by atoms with E-state index in [4.69, 9.17) is 19.2 Å². The Kier molecular flexibility index (Phi) is 6.39. The van der Waals surface area contributed by atoms with Crippen molar-refractivity contribution < 1.29 is 14.2 Å². The Labute approximate surface area is 181 Å². The van der Waals surface area contributed by atoms with E-state index in [0.29, 0.717) is 42.5 Å². The third-order valence-corrected chi connectivity index (χ3v) is 5.18. The van der Waals surface area contributed by atoms with E-state index < -0.39 is 0 Å². The van der Waals surface area contributed by atoms with Gasteiger partial charge >= 0.3 is 0 Å². The molecule has 31 heavy (non-hydrogen) atoms. The van der Waals surface area contributed by atoms with Gasteiger partial charge in [-0.1, -0.05) is 6.07 Å². The molecule has 7 nitrogen and oxygen atoms in total. The van der Waals surface area contributed by atoms with Crippen LogP contribution in [0.3, 0.4) is 0 Å². The van der Waals surface area contributed by atoms with E-state index >= 15 is 0 Å². The van der Waals surface area contributed by atoms with Crippen LogP contribution in [0.25, 0.3) is 11.3 Å². The van der Waals surface area contributed by atoms with Gasteiger partial charge in [0.15, 0.2) is 11.5 Å². The highest BCUT2D eigenvalue weighted by molar-refractivity contribution is 5.68. The highest BCUT2D eigenvalue weighted by Gasteiger charge is 2.21. The molecule has 0 amide bonds. The van der Waals surface area contributed by atoms with Gasteiger partial charge in [0.25, 0.3) is 0 Å². The lowest BCUT2D eigenvalue weighted by Crippen LogP contribution is -2.26. The van der Waals surface area contributed by atoms with Gasteiger partial charge in [-0.3, -0.25) is 4.98 Å². The number of benzene rings is 1. The Balaban J connectivity index is 1.63. The molecule has 0 atom stereocenters. The molecule has 0 unspecified atom stereocenters. The molecule has 0 saturated carbocycles. The molecule has 4 rings (SSSR count). The lowest BCUT2D eigenvalue weighted by Gasteiger charge is -2.25. The van der Waals surface area contributed by atoms with Crippen molar-refractivity contribution >= 4 is 0 Å². The Morgan fingerprint density at radius 1 is 1.16 bits per heavy atom. The summed E-state index contributed by atoms with van der Waals surface area (Å²) < 4.78 is 17.1. The number of aromatic nitrogens is 3. The second-order valence-electron chi connectivity index (χ2n) is 7.44. The van der Waals surface area contributed by atoms with Crippen LogP contribution >= 0.6 is 0 Å². The monoisotopic (exact) mass is 416 g/mol. The van der Waals surface area contributed by atoms with Gasteiger partial charge in [0.05, 0.1) is 31.6 Å². The average molecular weight is 416 g/mol. The van der Waals surface area contributed by atoms with Crippen molar-refractivity contribution in [1.82, 2.24) is 15.0 Å². The van der Waals surface area contributed by atoms with Gasteiger partial charge in [-0.05, 0) is 36.8 Å². The number of hydrogen-bond acceptors (Lipinski definition) is 7. The second kappa shape index (κ2) is 9.54. The van der Waals surface area contributed by atoms with E-state index in [1.807, 2.05) is 37.4 Å². The first-order valence-electron chi connectivity index (χ1n) is 10.3. The molecule has 1 saturated heterocycles. The molecule has 1 aromatic carbocycles. The predicted octanol–water partition coefficient (Wildman–Crippen LogP) is 3.88. The molecule has 1 fully saturated rings. The van der Waals surface area contributed by atoms with Crippen molar-refractivity contribution in [3.05, 3.63) is 65.4 Å². The first kappa shape index (κ1) is 20.8. The fraction of sp³-hybridized carbons (Fsp3) is 0.333. The van der Waals surface area contributed by atoms with E-state index in [1.54, 1.807) is 19.4 Å². The Bertz CT molecular complexity index is 1090. The third-order valence-electron chi connectivity index (χ3n) is 5.18. The number of methoxy groups -OCH3 is 1. The number of nitriles is 1. The third kappa shape index (κ3) is 4.98. The minimum atomic E-state index is 0.00868. The number of aryl methyl sites for hydroxylation is 1. The van der Waals surface area contributed by atoms with Crippen LogP contribution < -0.4 is 9.47 Å². The summed E-state index contributed by atoms with van der Waals surface area (Å²) in [4.78, 5) is 13.4. The van der Waals surface area contributed by atoms with Crippen LogP contribution in [0.4, 0.5) is 0 Å². The minimum Gasteiger partial charge on any atom is -0.493 e. The number of ether oxygens (including phenoxy) is 3. The van der Waals surface area contributed by atoms with Crippen LogP contribution in [0.15, 0.2) is 42.7 Å². The highest BCUT2D eigenvalue weighted by atomic mass is 16.5. The smallest absolute Gasteiger partial charge is 0.179 e. The zero-order valence-corrected chi connectivity index (χ0v) is 17.7. The maximum atomic E-state index is 9.76. The van der Waals surface area contributed by atoms with E-state index in [-0.39, 0.29) is 6.10 Å². The summed E-state index contributed by atoms with van der Waals surface area (Å²) in [5.41, 5.74) is 3.93. The van der Waals surface area contributed by atoms with Gasteiger partial charge in [0, 0.05) is 42.9 Å². The zero-order chi connectivity index (χ0) is 21.6. The van der Waals surface area contributed by atoms with Crippen LogP contribution in [0.1, 0.15) is 35.5 Å². The zero-order valence-electron chi connectivity index (χ0n) is 17.7. The summed E-state index contributed by atoms with van der Waals surface area (Å²) in [5.74, 6) is 1.67. The first-order chi connectivity index (χ1) is 15.2. The molecule has 0 bridgehead atoms. The van der Waals surface area contributed by atoms with Gasteiger partial charge in [0.2, 0.25) is 0 Å². The van der Waals surface area contributed by atoms with Gasteiger partial charge in [0.1, 0.15) is 18.0 Å². The van der Waals surface area contributed by atoms with Crippen LogP contribution in [0, 0.1) is 18.3 Å². The summed E-state index contributed by atoms with van der Waals surface area (Å²) >= 11 is 0. The topological polar surface area (TPSA) is 90.2 Å². The Morgan fingerprint density at radius 2 is 2.00 bits per heavy atom. The second-order valence-corrected chi connectivity index (χ2v) is 7.44. The Hall–Kier alpha value is -3.50. The largest absolute Gasteiger partial charge is 0.493 e. The normalized spacial score (nSPS) is 14.1. The van der Waals surface area contributed by atoms with Gasteiger partial charge in [-0.2, -0.15) is 5.26 Å².